The summed E-state index contributed by atoms with van der Waals surface area (Å²) >= 11 is 0. The summed E-state index contributed by atoms with van der Waals surface area (Å²) in [5.41, 5.74) is 3.68. The molecule has 0 bridgehead atoms. The van der Waals surface area contributed by atoms with Crippen LogP contribution in [0.4, 0.5) is 0 Å². The predicted molar refractivity (Wildman–Crippen MR) is 104 cm³/mol. The summed E-state index contributed by atoms with van der Waals surface area (Å²) in [7, 11) is 1.84. The number of aryl methyl sites for hydroxylation is 1. The van der Waals surface area contributed by atoms with Crippen LogP contribution in [0.25, 0.3) is 10.9 Å². The summed E-state index contributed by atoms with van der Waals surface area (Å²) in [6.07, 6.45) is 2.67. The number of nitrogens with zero attached hydrogens (tertiary/aromatic N) is 4. The zero-order chi connectivity index (χ0) is 18.7. The fourth-order valence-electron chi connectivity index (χ4n) is 3.23. The van der Waals surface area contributed by atoms with E-state index in [9.17, 15) is 4.79 Å². The van der Waals surface area contributed by atoms with Gasteiger partial charge in [-0.25, -0.2) is 0 Å². The van der Waals surface area contributed by atoms with Gasteiger partial charge in [-0.1, -0.05) is 32.0 Å². The molecule has 0 spiro atoms. The van der Waals surface area contributed by atoms with Crippen molar-refractivity contribution in [3.05, 3.63) is 59.5 Å². The van der Waals surface area contributed by atoms with Gasteiger partial charge in [-0.15, -0.1) is 0 Å². The second-order valence-electron chi connectivity index (χ2n) is 7.08. The third-order valence-corrected chi connectivity index (χ3v) is 4.46. The van der Waals surface area contributed by atoms with E-state index in [4.69, 9.17) is 0 Å². The van der Waals surface area contributed by atoms with Crippen molar-refractivity contribution in [3.63, 3.8) is 0 Å². The van der Waals surface area contributed by atoms with Gasteiger partial charge in [-0.2, -0.15) is 5.10 Å². The molecule has 0 aliphatic carbocycles. The van der Waals surface area contributed by atoms with Crippen molar-refractivity contribution in [2.24, 2.45) is 5.92 Å². The second kappa shape index (κ2) is 7.68. The van der Waals surface area contributed by atoms with E-state index >= 15 is 0 Å². The smallest absolute Gasteiger partial charge is 0.272 e. The van der Waals surface area contributed by atoms with Gasteiger partial charge in [-0.3, -0.25) is 14.5 Å². The van der Waals surface area contributed by atoms with Gasteiger partial charge in [0, 0.05) is 31.7 Å². The van der Waals surface area contributed by atoms with E-state index in [2.05, 4.69) is 30.0 Å². The highest BCUT2D eigenvalue weighted by Crippen LogP contribution is 2.19. The topological polar surface area (TPSA) is 51.0 Å². The lowest BCUT2D eigenvalue weighted by atomic mass is 10.1. The predicted octanol–water partition coefficient (Wildman–Crippen LogP) is 3.92. The fourth-order valence-corrected chi connectivity index (χ4v) is 3.23. The Kier molecular flexibility index (Phi) is 5.35. The van der Waals surface area contributed by atoms with Crippen LogP contribution in [-0.2, 0) is 19.5 Å². The number of aromatic nitrogens is 3. The zero-order valence-corrected chi connectivity index (χ0v) is 15.9. The van der Waals surface area contributed by atoms with Gasteiger partial charge < -0.3 is 4.90 Å². The SMILES string of the molecule is CCn1nc(CC(C)C)cc1C(=O)N(C)Cc1cccc2ncccc12. The summed E-state index contributed by atoms with van der Waals surface area (Å²) < 4.78 is 1.81. The largest absolute Gasteiger partial charge is 0.336 e. The quantitative estimate of drug-likeness (QED) is 0.677. The maximum absolute atomic E-state index is 13.0. The monoisotopic (exact) mass is 350 g/mol. The Labute approximate surface area is 154 Å². The van der Waals surface area contributed by atoms with Crippen molar-refractivity contribution in [2.75, 3.05) is 7.05 Å². The lowest BCUT2D eigenvalue weighted by Crippen LogP contribution is -2.28. The Morgan fingerprint density at radius 2 is 2.04 bits per heavy atom. The molecule has 3 aromatic rings. The van der Waals surface area contributed by atoms with Gasteiger partial charge in [0.1, 0.15) is 5.69 Å². The van der Waals surface area contributed by atoms with Crippen LogP contribution >= 0.6 is 0 Å². The summed E-state index contributed by atoms with van der Waals surface area (Å²) in [5, 5.41) is 5.67. The number of pyridine rings is 1. The zero-order valence-electron chi connectivity index (χ0n) is 15.9. The van der Waals surface area contributed by atoms with Crippen LogP contribution in [0.15, 0.2) is 42.6 Å². The van der Waals surface area contributed by atoms with Crippen molar-refractivity contribution >= 4 is 16.8 Å². The number of carbonyl (C=O) groups is 1. The van der Waals surface area contributed by atoms with E-state index in [-0.39, 0.29) is 5.91 Å². The Balaban J connectivity index is 1.84. The van der Waals surface area contributed by atoms with Crippen molar-refractivity contribution < 1.29 is 4.79 Å². The Bertz CT molecular complexity index is 908. The Morgan fingerprint density at radius 1 is 1.23 bits per heavy atom. The second-order valence-corrected chi connectivity index (χ2v) is 7.08. The van der Waals surface area contributed by atoms with Gasteiger partial charge in [0.2, 0.25) is 0 Å². The molecule has 0 aliphatic heterocycles. The van der Waals surface area contributed by atoms with E-state index < -0.39 is 0 Å². The molecular formula is C21H26N4O. The molecule has 0 fully saturated rings. The molecule has 26 heavy (non-hydrogen) atoms. The van der Waals surface area contributed by atoms with Gasteiger partial charge in [0.25, 0.3) is 5.91 Å². The van der Waals surface area contributed by atoms with Gasteiger partial charge >= 0.3 is 0 Å². The highest BCUT2D eigenvalue weighted by molar-refractivity contribution is 5.93. The van der Waals surface area contributed by atoms with E-state index in [0.29, 0.717) is 24.7 Å². The number of fused-ring (bicyclic) bond motifs is 1. The first-order chi connectivity index (χ1) is 12.5. The molecule has 5 heteroatoms. The first-order valence-electron chi connectivity index (χ1n) is 9.14. The lowest BCUT2D eigenvalue weighted by molar-refractivity contribution is 0.0773. The van der Waals surface area contributed by atoms with Gasteiger partial charge in [-0.05, 0) is 43.0 Å². The minimum atomic E-state index is -0.00440. The van der Waals surface area contributed by atoms with Crippen LogP contribution in [0.2, 0.25) is 0 Å². The number of benzene rings is 1. The molecule has 0 atom stereocenters. The third kappa shape index (κ3) is 3.77. The number of rotatable bonds is 6. The van der Waals surface area contributed by atoms with E-state index in [1.165, 1.54) is 0 Å². The highest BCUT2D eigenvalue weighted by Gasteiger charge is 2.19. The number of hydrogen-bond acceptors (Lipinski definition) is 3. The average molecular weight is 350 g/mol. The van der Waals surface area contributed by atoms with Crippen LogP contribution in [0.3, 0.4) is 0 Å². The third-order valence-electron chi connectivity index (χ3n) is 4.46. The van der Waals surface area contributed by atoms with Crippen LogP contribution in [0.1, 0.15) is 42.5 Å². The molecule has 0 radical (unpaired) electrons. The van der Waals surface area contributed by atoms with Gasteiger partial charge in [0.15, 0.2) is 0 Å². The van der Waals surface area contributed by atoms with Crippen molar-refractivity contribution in [1.82, 2.24) is 19.7 Å². The molecular weight excluding hydrogens is 324 g/mol. The fraction of sp³-hybridized carbons (Fsp3) is 0.381. The minimum absolute atomic E-state index is 0.00440. The van der Waals surface area contributed by atoms with E-state index in [1.807, 2.05) is 44.3 Å². The normalized spacial score (nSPS) is 11.3. The Hall–Kier alpha value is -2.69. The van der Waals surface area contributed by atoms with Crippen LogP contribution < -0.4 is 0 Å². The lowest BCUT2D eigenvalue weighted by Gasteiger charge is -2.18. The molecule has 0 saturated carbocycles. The summed E-state index contributed by atoms with van der Waals surface area (Å²) in [6.45, 7) is 7.56. The van der Waals surface area contributed by atoms with Crippen molar-refractivity contribution in [3.8, 4) is 0 Å². The number of carbonyl (C=O) groups excluding carboxylic acids is 1. The molecule has 0 N–H and O–H groups in total. The minimum Gasteiger partial charge on any atom is -0.336 e. The maximum Gasteiger partial charge on any atom is 0.272 e. The molecule has 2 aromatic heterocycles. The van der Waals surface area contributed by atoms with Crippen LogP contribution in [-0.4, -0.2) is 32.6 Å². The first kappa shape index (κ1) is 18.1. The van der Waals surface area contributed by atoms with Crippen molar-refractivity contribution in [2.45, 2.75) is 40.3 Å². The maximum atomic E-state index is 13.0. The molecule has 0 aliphatic rings. The number of hydrogen-bond donors (Lipinski definition) is 0. The molecule has 2 heterocycles. The molecule has 5 nitrogen and oxygen atoms in total. The summed E-state index contributed by atoms with van der Waals surface area (Å²) in [4.78, 5) is 19.2. The van der Waals surface area contributed by atoms with Crippen molar-refractivity contribution in [1.29, 1.82) is 0 Å². The van der Waals surface area contributed by atoms with Crippen LogP contribution in [0.5, 0.6) is 0 Å². The molecule has 3 rings (SSSR count). The summed E-state index contributed by atoms with van der Waals surface area (Å²) in [5.74, 6) is 0.509. The molecule has 0 unspecified atom stereocenters. The molecule has 1 amide bonds. The highest BCUT2D eigenvalue weighted by atomic mass is 16.2. The molecule has 136 valence electrons. The van der Waals surface area contributed by atoms with Crippen LogP contribution in [0, 0.1) is 5.92 Å². The summed E-state index contributed by atoms with van der Waals surface area (Å²) in [6, 6.07) is 11.9. The molecule has 0 saturated heterocycles. The molecule has 1 aromatic carbocycles. The first-order valence-corrected chi connectivity index (χ1v) is 9.14. The van der Waals surface area contributed by atoms with E-state index in [0.717, 1.165) is 28.6 Å². The Morgan fingerprint density at radius 3 is 2.77 bits per heavy atom. The average Bonchev–Trinajstić information content (AvgIpc) is 3.03. The van der Waals surface area contributed by atoms with E-state index in [1.54, 1.807) is 15.8 Å². The van der Waals surface area contributed by atoms with Gasteiger partial charge in [0.05, 0.1) is 11.2 Å². The number of amides is 1. The standard InChI is InChI=1S/C21H26N4O/c1-5-25-20(13-17(23-25)12-15(2)3)21(26)24(4)14-16-8-6-10-19-18(16)9-7-11-22-19/h6-11,13,15H,5,12,14H2,1-4H3.